The van der Waals surface area contributed by atoms with E-state index in [9.17, 15) is 8.42 Å². The zero-order valence-corrected chi connectivity index (χ0v) is 13.0. The Labute approximate surface area is 120 Å². The molecule has 112 valence electrons. The molecule has 0 aliphatic carbocycles. The van der Waals surface area contributed by atoms with E-state index in [0.29, 0.717) is 5.75 Å². The van der Waals surface area contributed by atoms with E-state index in [1.54, 1.807) is 12.1 Å². The van der Waals surface area contributed by atoms with Gasteiger partial charge in [0.15, 0.2) is 0 Å². The zero-order valence-electron chi connectivity index (χ0n) is 12.1. The third-order valence-electron chi connectivity index (χ3n) is 3.70. The molecule has 6 heteroatoms. The van der Waals surface area contributed by atoms with Crippen molar-refractivity contribution in [3.05, 3.63) is 23.8 Å². The van der Waals surface area contributed by atoms with Gasteiger partial charge in [-0.1, -0.05) is 13.0 Å². The number of hydrogen-bond acceptors (Lipinski definition) is 4. The molecule has 0 spiro atoms. The molecular weight excluding hydrogens is 276 g/mol. The molecule has 2 N–H and O–H groups in total. The molecule has 0 radical (unpaired) electrons. The minimum Gasteiger partial charge on any atom is -0.495 e. The van der Waals surface area contributed by atoms with Crippen molar-refractivity contribution in [2.75, 3.05) is 20.2 Å². The molecule has 2 rings (SSSR count). The third kappa shape index (κ3) is 3.31. The van der Waals surface area contributed by atoms with Crippen molar-refractivity contribution in [2.45, 2.75) is 31.2 Å². The first-order chi connectivity index (χ1) is 9.44. The number of nitrogens with one attached hydrogen (secondary N) is 2. The maximum Gasteiger partial charge on any atom is 0.244 e. The number of methoxy groups -OCH3 is 1. The largest absolute Gasteiger partial charge is 0.495 e. The molecule has 1 aliphatic rings. The van der Waals surface area contributed by atoms with Gasteiger partial charge >= 0.3 is 0 Å². The first-order valence-corrected chi connectivity index (χ1v) is 8.30. The highest BCUT2D eigenvalue weighted by Crippen LogP contribution is 2.25. The van der Waals surface area contributed by atoms with Crippen LogP contribution in [-0.2, 0) is 10.0 Å². The summed E-state index contributed by atoms with van der Waals surface area (Å²) in [6.07, 6.45) is 0.800. The molecular formula is C14H22N2O3S. The average molecular weight is 298 g/mol. The molecule has 0 bridgehead atoms. The molecule has 1 aromatic carbocycles. The topological polar surface area (TPSA) is 67.4 Å². The van der Waals surface area contributed by atoms with Crippen LogP contribution in [0.15, 0.2) is 23.1 Å². The SMILES string of the molecule is COc1ccc(C)cc1S(=O)(=O)NC1CCNCC1C. The number of ether oxygens (including phenoxy) is 1. The molecule has 1 saturated heterocycles. The maximum atomic E-state index is 12.6. The number of aryl methyl sites for hydroxylation is 1. The predicted octanol–water partition coefficient (Wildman–Crippen LogP) is 1.28. The molecule has 1 aromatic rings. The van der Waals surface area contributed by atoms with Crippen LogP contribution in [0, 0.1) is 12.8 Å². The summed E-state index contributed by atoms with van der Waals surface area (Å²) < 4.78 is 33.1. The summed E-state index contributed by atoms with van der Waals surface area (Å²) in [5.41, 5.74) is 0.893. The van der Waals surface area contributed by atoms with Gasteiger partial charge in [0.25, 0.3) is 0 Å². The Morgan fingerprint density at radius 1 is 1.40 bits per heavy atom. The van der Waals surface area contributed by atoms with Crippen molar-refractivity contribution in [3.8, 4) is 5.75 Å². The number of piperidine rings is 1. The second-order valence-electron chi connectivity index (χ2n) is 5.35. The minimum atomic E-state index is -3.56. The van der Waals surface area contributed by atoms with E-state index in [1.165, 1.54) is 7.11 Å². The van der Waals surface area contributed by atoms with Crippen LogP contribution in [0.5, 0.6) is 5.75 Å². The number of hydrogen-bond donors (Lipinski definition) is 2. The van der Waals surface area contributed by atoms with Gasteiger partial charge in [0.05, 0.1) is 7.11 Å². The Morgan fingerprint density at radius 2 is 2.15 bits per heavy atom. The quantitative estimate of drug-likeness (QED) is 0.879. The fourth-order valence-electron chi connectivity index (χ4n) is 2.45. The van der Waals surface area contributed by atoms with Gasteiger partial charge in [-0.3, -0.25) is 0 Å². The van der Waals surface area contributed by atoms with Crippen molar-refractivity contribution in [1.29, 1.82) is 0 Å². The lowest BCUT2D eigenvalue weighted by Crippen LogP contribution is -2.48. The van der Waals surface area contributed by atoms with Crippen molar-refractivity contribution in [1.82, 2.24) is 10.0 Å². The number of rotatable bonds is 4. The minimum absolute atomic E-state index is 0.0357. The summed E-state index contributed by atoms with van der Waals surface area (Å²) in [6, 6.07) is 5.14. The molecule has 1 fully saturated rings. The van der Waals surface area contributed by atoms with Crippen molar-refractivity contribution >= 4 is 10.0 Å². The van der Waals surface area contributed by atoms with Gasteiger partial charge in [0, 0.05) is 6.04 Å². The Morgan fingerprint density at radius 3 is 2.80 bits per heavy atom. The van der Waals surface area contributed by atoms with Crippen LogP contribution in [0.25, 0.3) is 0 Å². The predicted molar refractivity (Wildman–Crippen MR) is 78.5 cm³/mol. The number of benzene rings is 1. The zero-order chi connectivity index (χ0) is 14.8. The molecule has 5 nitrogen and oxygen atoms in total. The Hall–Kier alpha value is -1.11. The Bertz CT molecular complexity index is 572. The van der Waals surface area contributed by atoms with E-state index >= 15 is 0 Å². The summed E-state index contributed by atoms with van der Waals surface area (Å²) in [5, 5.41) is 3.26. The molecule has 20 heavy (non-hydrogen) atoms. The lowest BCUT2D eigenvalue weighted by atomic mass is 9.97. The molecule has 0 amide bonds. The third-order valence-corrected chi connectivity index (χ3v) is 5.21. The van der Waals surface area contributed by atoms with Crippen LogP contribution >= 0.6 is 0 Å². The lowest BCUT2D eigenvalue weighted by molar-refractivity contribution is 0.327. The summed E-state index contributed by atoms with van der Waals surface area (Å²) in [7, 11) is -2.08. The van der Waals surface area contributed by atoms with Gasteiger partial charge in [0.1, 0.15) is 10.6 Å². The molecule has 0 aromatic heterocycles. The molecule has 1 heterocycles. The highest BCUT2D eigenvalue weighted by Gasteiger charge is 2.28. The van der Waals surface area contributed by atoms with Crippen LogP contribution in [0.2, 0.25) is 0 Å². The van der Waals surface area contributed by atoms with Crippen LogP contribution in [0.3, 0.4) is 0 Å². The van der Waals surface area contributed by atoms with E-state index < -0.39 is 10.0 Å². The maximum absolute atomic E-state index is 12.6. The second kappa shape index (κ2) is 6.11. The van der Waals surface area contributed by atoms with Crippen LogP contribution < -0.4 is 14.8 Å². The van der Waals surface area contributed by atoms with E-state index in [4.69, 9.17) is 4.74 Å². The average Bonchev–Trinajstić information content (AvgIpc) is 2.41. The van der Waals surface area contributed by atoms with Gasteiger partial charge in [-0.2, -0.15) is 0 Å². The van der Waals surface area contributed by atoms with E-state index in [-0.39, 0.29) is 16.9 Å². The van der Waals surface area contributed by atoms with Gasteiger partial charge in [-0.15, -0.1) is 0 Å². The van der Waals surface area contributed by atoms with Gasteiger partial charge < -0.3 is 10.1 Å². The lowest BCUT2D eigenvalue weighted by Gasteiger charge is -2.30. The van der Waals surface area contributed by atoms with E-state index in [2.05, 4.69) is 10.0 Å². The van der Waals surface area contributed by atoms with E-state index in [0.717, 1.165) is 25.1 Å². The van der Waals surface area contributed by atoms with E-state index in [1.807, 2.05) is 19.9 Å². The summed E-state index contributed by atoms with van der Waals surface area (Å²) in [5.74, 6) is 0.652. The fraction of sp³-hybridized carbons (Fsp3) is 0.571. The standard InChI is InChI=1S/C14H22N2O3S/c1-10-4-5-13(19-3)14(8-10)20(17,18)16-12-6-7-15-9-11(12)2/h4-5,8,11-12,15-16H,6-7,9H2,1-3H3. The van der Waals surface area contributed by atoms with Crippen LogP contribution in [0.4, 0.5) is 0 Å². The monoisotopic (exact) mass is 298 g/mol. The van der Waals surface area contributed by atoms with Gasteiger partial charge in [0.2, 0.25) is 10.0 Å². The first-order valence-electron chi connectivity index (χ1n) is 6.81. The molecule has 2 atom stereocenters. The van der Waals surface area contributed by atoms with Crippen LogP contribution in [-0.4, -0.2) is 34.7 Å². The summed E-state index contributed by atoms with van der Waals surface area (Å²) in [4.78, 5) is 0.214. The van der Waals surface area contributed by atoms with Gasteiger partial charge in [-0.05, 0) is 50.0 Å². The van der Waals surface area contributed by atoms with Crippen LogP contribution in [0.1, 0.15) is 18.9 Å². The highest BCUT2D eigenvalue weighted by atomic mass is 32.2. The summed E-state index contributed by atoms with van der Waals surface area (Å²) in [6.45, 7) is 5.58. The smallest absolute Gasteiger partial charge is 0.244 e. The van der Waals surface area contributed by atoms with Gasteiger partial charge in [-0.25, -0.2) is 13.1 Å². The normalized spacial score (nSPS) is 23.6. The molecule has 0 saturated carbocycles. The molecule has 2 unspecified atom stereocenters. The number of sulfonamides is 1. The first kappa shape index (κ1) is 15.3. The summed E-state index contributed by atoms with van der Waals surface area (Å²) >= 11 is 0. The fourth-order valence-corrected chi connectivity index (χ4v) is 4.08. The van der Waals surface area contributed by atoms with Crippen molar-refractivity contribution in [3.63, 3.8) is 0 Å². The Kier molecular flexibility index (Phi) is 4.67. The van der Waals surface area contributed by atoms with Crippen molar-refractivity contribution < 1.29 is 13.2 Å². The Balaban J connectivity index is 2.28. The highest BCUT2D eigenvalue weighted by molar-refractivity contribution is 7.89. The van der Waals surface area contributed by atoms with Crippen molar-refractivity contribution in [2.24, 2.45) is 5.92 Å². The second-order valence-corrected chi connectivity index (χ2v) is 7.03. The molecule has 1 aliphatic heterocycles.